The normalized spacial score (nSPS) is 26.6. The predicted octanol–water partition coefficient (Wildman–Crippen LogP) is -1.24. The fourth-order valence-corrected chi connectivity index (χ4v) is 3.00. The van der Waals surface area contributed by atoms with E-state index in [-0.39, 0.29) is 5.56 Å². The minimum atomic E-state index is -0.918. The molecule has 0 bridgehead atoms. The number of aliphatic hydroxyl groups is 1. The Kier molecular flexibility index (Phi) is 3.83. The van der Waals surface area contributed by atoms with E-state index >= 15 is 0 Å². The number of rotatable bonds is 2. The summed E-state index contributed by atoms with van der Waals surface area (Å²) in [5.74, 6) is 0.721. The summed E-state index contributed by atoms with van der Waals surface area (Å²) in [7, 11) is 1.74. The predicted molar refractivity (Wildman–Crippen MR) is 77.0 cm³/mol. The summed E-state index contributed by atoms with van der Waals surface area (Å²) >= 11 is 0. The lowest BCUT2D eigenvalue weighted by atomic mass is 10.1. The highest BCUT2D eigenvalue weighted by molar-refractivity contribution is 5.23. The fourth-order valence-electron chi connectivity index (χ4n) is 3.00. The molecule has 1 fully saturated rings. The summed E-state index contributed by atoms with van der Waals surface area (Å²) in [6.45, 7) is 5.64. The molecule has 0 amide bonds. The van der Waals surface area contributed by atoms with E-state index in [9.17, 15) is 9.90 Å². The van der Waals surface area contributed by atoms with Gasteiger partial charge in [0, 0.05) is 39.8 Å². The molecule has 2 aliphatic heterocycles. The van der Waals surface area contributed by atoms with Gasteiger partial charge in [0.2, 0.25) is 0 Å². The quantitative estimate of drug-likeness (QED) is 0.710. The van der Waals surface area contributed by atoms with Gasteiger partial charge in [0.05, 0.1) is 24.5 Å². The molecule has 2 aliphatic rings. The number of nitrogens with zero attached hydrogens (tertiary/aromatic N) is 3. The average molecular weight is 294 g/mol. The molecule has 0 unspecified atom stereocenters. The van der Waals surface area contributed by atoms with E-state index in [1.165, 1.54) is 0 Å². The van der Waals surface area contributed by atoms with Gasteiger partial charge in [-0.3, -0.25) is 14.3 Å². The van der Waals surface area contributed by atoms with Crippen molar-refractivity contribution in [3.63, 3.8) is 0 Å². The van der Waals surface area contributed by atoms with Crippen molar-refractivity contribution >= 4 is 0 Å². The second-order valence-electron chi connectivity index (χ2n) is 6.05. The minimum Gasteiger partial charge on any atom is -0.385 e. The van der Waals surface area contributed by atoms with Crippen LogP contribution in [0.25, 0.3) is 0 Å². The van der Waals surface area contributed by atoms with Gasteiger partial charge >= 0.3 is 0 Å². The van der Waals surface area contributed by atoms with Crippen LogP contribution in [-0.4, -0.2) is 58.0 Å². The Balaban J connectivity index is 1.76. The SMILES string of the molecule is Cc1nc2c(c(=O)n1C)CN(C[C@@]1(O)CNCCOC1)C2. The molecule has 3 rings (SSSR count). The summed E-state index contributed by atoms with van der Waals surface area (Å²) in [5, 5.41) is 13.8. The monoisotopic (exact) mass is 294 g/mol. The molecule has 0 saturated carbocycles. The Morgan fingerprint density at radius 2 is 2.29 bits per heavy atom. The van der Waals surface area contributed by atoms with Crippen LogP contribution < -0.4 is 10.9 Å². The number of aryl methyl sites for hydroxylation is 1. The number of ether oxygens (including phenoxy) is 1. The average Bonchev–Trinajstić information content (AvgIpc) is 2.69. The molecule has 21 heavy (non-hydrogen) atoms. The Morgan fingerprint density at radius 1 is 1.48 bits per heavy atom. The van der Waals surface area contributed by atoms with Crippen LogP contribution in [0.2, 0.25) is 0 Å². The lowest BCUT2D eigenvalue weighted by Crippen LogP contribution is -2.50. The van der Waals surface area contributed by atoms with Crippen LogP contribution >= 0.6 is 0 Å². The maximum Gasteiger partial charge on any atom is 0.258 e. The van der Waals surface area contributed by atoms with Crippen LogP contribution in [0, 0.1) is 6.92 Å². The van der Waals surface area contributed by atoms with Crippen molar-refractivity contribution < 1.29 is 9.84 Å². The smallest absolute Gasteiger partial charge is 0.258 e. The number of β-amino-alcohol motifs (C(OH)–C–C–N with tert-alkyl or cyclic N) is 1. The molecule has 1 aromatic heterocycles. The molecule has 3 heterocycles. The third-order valence-corrected chi connectivity index (χ3v) is 4.21. The summed E-state index contributed by atoms with van der Waals surface area (Å²) in [6, 6.07) is 0. The van der Waals surface area contributed by atoms with Gasteiger partial charge in [0.25, 0.3) is 5.56 Å². The highest BCUT2D eigenvalue weighted by Gasteiger charge is 2.34. The molecule has 7 nitrogen and oxygen atoms in total. The fraction of sp³-hybridized carbons (Fsp3) is 0.714. The van der Waals surface area contributed by atoms with Gasteiger partial charge in [-0.15, -0.1) is 0 Å². The molecule has 0 spiro atoms. The Bertz CT molecular complexity index is 591. The molecule has 1 saturated heterocycles. The maximum atomic E-state index is 12.3. The maximum absolute atomic E-state index is 12.3. The van der Waals surface area contributed by atoms with E-state index in [2.05, 4.69) is 15.2 Å². The molecule has 1 atom stereocenters. The van der Waals surface area contributed by atoms with Crippen molar-refractivity contribution in [3.8, 4) is 0 Å². The molecular weight excluding hydrogens is 272 g/mol. The van der Waals surface area contributed by atoms with Gasteiger partial charge < -0.3 is 15.2 Å². The number of fused-ring (bicyclic) bond motifs is 1. The van der Waals surface area contributed by atoms with Crippen molar-refractivity contribution in [2.45, 2.75) is 25.6 Å². The van der Waals surface area contributed by atoms with Crippen molar-refractivity contribution in [2.24, 2.45) is 7.05 Å². The van der Waals surface area contributed by atoms with Crippen molar-refractivity contribution in [1.82, 2.24) is 19.8 Å². The van der Waals surface area contributed by atoms with Gasteiger partial charge in [0.1, 0.15) is 11.4 Å². The van der Waals surface area contributed by atoms with Crippen molar-refractivity contribution in [2.75, 3.05) is 32.8 Å². The van der Waals surface area contributed by atoms with E-state index in [4.69, 9.17) is 4.74 Å². The number of hydrogen-bond acceptors (Lipinski definition) is 6. The first-order valence-electron chi connectivity index (χ1n) is 7.27. The second kappa shape index (κ2) is 5.49. The van der Waals surface area contributed by atoms with E-state index in [1.54, 1.807) is 11.6 Å². The summed E-state index contributed by atoms with van der Waals surface area (Å²) in [4.78, 5) is 18.8. The molecule has 0 aromatic carbocycles. The third kappa shape index (κ3) is 2.87. The lowest BCUT2D eigenvalue weighted by molar-refractivity contribution is -0.0499. The van der Waals surface area contributed by atoms with Crippen LogP contribution in [0.5, 0.6) is 0 Å². The van der Waals surface area contributed by atoms with E-state index in [0.29, 0.717) is 39.4 Å². The highest BCUT2D eigenvalue weighted by Crippen LogP contribution is 2.21. The summed E-state index contributed by atoms with van der Waals surface area (Å²) < 4.78 is 7.02. The highest BCUT2D eigenvalue weighted by atomic mass is 16.5. The van der Waals surface area contributed by atoms with Crippen LogP contribution in [-0.2, 0) is 24.9 Å². The topological polar surface area (TPSA) is 79.6 Å². The van der Waals surface area contributed by atoms with Crippen LogP contribution in [0.15, 0.2) is 4.79 Å². The molecule has 2 N–H and O–H groups in total. The summed E-state index contributed by atoms with van der Waals surface area (Å²) in [5.41, 5.74) is 0.678. The molecule has 0 aliphatic carbocycles. The summed E-state index contributed by atoms with van der Waals surface area (Å²) in [6.07, 6.45) is 0. The number of nitrogens with one attached hydrogen (secondary N) is 1. The van der Waals surface area contributed by atoms with Crippen molar-refractivity contribution in [3.05, 3.63) is 27.4 Å². The first-order chi connectivity index (χ1) is 9.98. The molecule has 7 heteroatoms. The lowest BCUT2D eigenvalue weighted by Gasteiger charge is -2.30. The van der Waals surface area contributed by atoms with Gasteiger partial charge in [-0.2, -0.15) is 0 Å². The minimum absolute atomic E-state index is 0.0160. The largest absolute Gasteiger partial charge is 0.385 e. The zero-order valence-electron chi connectivity index (χ0n) is 12.6. The first kappa shape index (κ1) is 14.6. The van der Waals surface area contributed by atoms with E-state index < -0.39 is 5.60 Å². The van der Waals surface area contributed by atoms with E-state index in [0.717, 1.165) is 23.6 Å². The second-order valence-corrected chi connectivity index (χ2v) is 6.05. The third-order valence-electron chi connectivity index (χ3n) is 4.21. The standard InChI is InChI=1S/C14H22N4O3/c1-10-16-12-6-18(5-11(12)13(19)17(10)2)8-14(20)7-15-3-4-21-9-14/h15,20H,3-9H2,1-2H3/t14-/m0/s1. The van der Waals surface area contributed by atoms with Crippen molar-refractivity contribution in [1.29, 1.82) is 0 Å². The number of hydrogen-bond donors (Lipinski definition) is 2. The Morgan fingerprint density at radius 3 is 3.10 bits per heavy atom. The Labute approximate surface area is 123 Å². The number of aromatic nitrogens is 2. The molecule has 116 valence electrons. The van der Waals surface area contributed by atoms with Crippen LogP contribution in [0.3, 0.4) is 0 Å². The first-order valence-corrected chi connectivity index (χ1v) is 7.27. The van der Waals surface area contributed by atoms with Crippen LogP contribution in [0.1, 0.15) is 17.1 Å². The van der Waals surface area contributed by atoms with Gasteiger partial charge in [0.15, 0.2) is 0 Å². The van der Waals surface area contributed by atoms with Gasteiger partial charge in [-0.05, 0) is 6.92 Å². The molecule has 1 aromatic rings. The Hall–Kier alpha value is -1.28. The van der Waals surface area contributed by atoms with Gasteiger partial charge in [-0.1, -0.05) is 0 Å². The zero-order chi connectivity index (χ0) is 15.0. The zero-order valence-corrected chi connectivity index (χ0v) is 12.6. The van der Waals surface area contributed by atoms with Gasteiger partial charge in [-0.25, -0.2) is 4.98 Å². The van der Waals surface area contributed by atoms with Crippen LogP contribution in [0.4, 0.5) is 0 Å². The molecule has 0 radical (unpaired) electrons. The van der Waals surface area contributed by atoms with E-state index in [1.807, 2.05) is 6.92 Å². The molecular formula is C14H22N4O3.